The van der Waals surface area contributed by atoms with Crippen molar-refractivity contribution in [1.29, 1.82) is 0 Å². The van der Waals surface area contributed by atoms with Crippen molar-refractivity contribution in [3.63, 3.8) is 0 Å². The molecule has 2 rings (SSSR count). The summed E-state index contributed by atoms with van der Waals surface area (Å²) in [6.45, 7) is 6.94. The highest BCUT2D eigenvalue weighted by atomic mass is 16.6. The van der Waals surface area contributed by atoms with Crippen LogP contribution >= 0.6 is 0 Å². The maximum absolute atomic E-state index is 12.1. The van der Waals surface area contributed by atoms with Gasteiger partial charge in [-0.25, -0.2) is 4.79 Å². The summed E-state index contributed by atoms with van der Waals surface area (Å²) >= 11 is 0. The fraction of sp³-hybridized carbons (Fsp3) is 0.529. The zero-order valence-corrected chi connectivity index (χ0v) is 13.4. The largest absolute Gasteiger partial charge is 0.444 e. The van der Waals surface area contributed by atoms with Crippen LogP contribution in [0.25, 0.3) is 0 Å². The summed E-state index contributed by atoms with van der Waals surface area (Å²) in [6.07, 6.45) is 4.95. The molecule has 5 heteroatoms. The Bertz CT molecular complexity index is 596. The van der Waals surface area contributed by atoms with E-state index in [1.165, 1.54) is 0 Å². The second-order valence-corrected chi connectivity index (χ2v) is 6.50. The third-order valence-corrected chi connectivity index (χ3v) is 3.34. The predicted molar refractivity (Wildman–Crippen MR) is 86.1 cm³/mol. The van der Waals surface area contributed by atoms with Crippen LogP contribution in [0, 0.1) is 17.8 Å². The Kier molecular flexibility index (Phi) is 4.92. The molecule has 2 heterocycles. The number of carbonyl (C=O) groups excluding carboxylic acids is 1. The highest BCUT2D eigenvalue weighted by Crippen LogP contribution is 2.19. The van der Waals surface area contributed by atoms with E-state index in [0.29, 0.717) is 12.2 Å². The molecule has 1 aromatic rings. The molecule has 1 amide bonds. The molecular formula is C17H23N3O2. The molecule has 0 saturated carbocycles. The third kappa shape index (κ3) is 4.66. The van der Waals surface area contributed by atoms with E-state index in [1.807, 2.05) is 20.8 Å². The third-order valence-electron chi connectivity index (χ3n) is 3.34. The first-order chi connectivity index (χ1) is 10.3. The first kappa shape index (κ1) is 16.2. The lowest BCUT2D eigenvalue weighted by molar-refractivity contribution is 0.0190. The molecule has 0 radical (unpaired) electrons. The standard InChI is InChI=1S/C17H23N3O2/c1-17(2,3)22-16(21)20-10-4-5-13(12-20)6-7-14-11-19-9-8-15(14)18/h8-9,11,13H,4-5,10,12H2,1-3H3,(H2,18,19). The van der Waals surface area contributed by atoms with Gasteiger partial charge in [0.15, 0.2) is 0 Å². The lowest BCUT2D eigenvalue weighted by Gasteiger charge is -2.32. The van der Waals surface area contributed by atoms with Gasteiger partial charge in [0.25, 0.3) is 0 Å². The van der Waals surface area contributed by atoms with E-state index in [0.717, 1.165) is 24.9 Å². The van der Waals surface area contributed by atoms with Gasteiger partial charge in [0, 0.05) is 31.4 Å². The molecule has 0 spiro atoms. The minimum absolute atomic E-state index is 0.140. The minimum Gasteiger partial charge on any atom is -0.444 e. The number of pyridine rings is 1. The van der Waals surface area contributed by atoms with Crippen LogP contribution < -0.4 is 5.73 Å². The number of nitrogen functional groups attached to an aromatic ring is 1. The Hall–Kier alpha value is -2.22. The van der Waals surface area contributed by atoms with Crippen LogP contribution in [-0.4, -0.2) is 34.7 Å². The maximum Gasteiger partial charge on any atom is 0.410 e. The molecule has 1 saturated heterocycles. The average molecular weight is 301 g/mol. The van der Waals surface area contributed by atoms with Gasteiger partial charge < -0.3 is 15.4 Å². The van der Waals surface area contributed by atoms with E-state index in [2.05, 4.69) is 16.8 Å². The van der Waals surface area contributed by atoms with Gasteiger partial charge in [0.2, 0.25) is 0 Å². The molecule has 22 heavy (non-hydrogen) atoms. The molecule has 1 unspecified atom stereocenters. The molecule has 5 nitrogen and oxygen atoms in total. The van der Waals surface area contributed by atoms with Crippen molar-refractivity contribution in [2.45, 2.75) is 39.2 Å². The smallest absolute Gasteiger partial charge is 0.410 e. The number of anilines is 1. The average Bonchev–Trinajstić information content (AvgIpc) is 2.45. The van der Waals surface area contributed by atoms with Gasteiger partial charge in [-0.2, -0.15) is 0 Å². The summed E-state index contributed by atoms with van der Waals surface area (Å²) in [4.78, 5) is 17.9. The van der Waals surface area contributed by atoms with Crippen LogP contribution in [-0.2, 0) is 4.74 Å². The van der Waals surface area contributed by atoms with Crippen molar-refractivity contribution >= 4 is 11.8 Å². The highest BCUT2D eigenvalue weighted by molar-refractivity contribution is 5.68. The molecule has 1 aliphatic heterocycles. The lowest BCUT2D eigenvalue weighted by atomic mass is 9.98. The first-order valence-electron chi connectivity index (χ1n) is 7.54. The van der Waals surface area contributed by atoms with E-state index in [4.69, 9.17) is 10.5 Å². The maximum atomic E-state index is 12.1. The Morgan fingerprint density at radius 3 is 2.95 bits per heavy atom. The second-order valence-electron chi connectivity index (χ2n) is 6.50. The molecular weight excluding hydrogens is 278 g/mol. The molecule has 2 N–H and O–H groups in total. The van der Waals surface area contributed by atoms with Gasteiger partial charge in [0.1, 0.15) is 5.60 Å². The van der Waals surface area contributed by atoms with E-state index in [-0.39, 0.29) is 12.0 Å². The Balaban J connectivity index is 2.00. The molecule has 0 aromatic carbocycles. The van der Waals surface area contributed by atoms with Gasteiger partial charge in [-0.15, -0.1) is 0 Å². The summed E-state index contributed by atoms with van der Waals surface area (Å²) in [5.74, 6) is 6.42. The van der Waals surface area contributed by atoms with Crippen LogP contribution in [0.15, 0.2) is 18.5 Å². The summed E-state index contributed by atoms with van der Waals surface area (Å²) in [5.41, 5.74) is 6.74. The molecule has 118 valence electrons. The lowest BCUT2D eigenvalue weighted by Crippen LogP contribution is -2.42. The quantitative estimate of drug-likeness (QED) is 0.748. The fourth-order valence-corrected chi connectivity index (χ4v) is 2.28. The number of rotatable bonds is 0. The van der Waals surface area contributed by atoms with E-state index >= 15 is 0 Å². The van der Waals surface area contributed by atoms with Crippen LogP contribution in [0.1, 0.15) is 39.2 Å². The molecule has 1 aliphatic rings. The molecule has 1 aromatic heterocycles. The fourth-order valence-electron chi connectivity index (χ4n) is 2.28. The molecule has 0 aliphatic carbocycles. The number of amides is 1. The van der Waals surface area contributed by atoms with Crippen molar-refractivity contribution in [2.24, 2.45) is 5.92 Å². The number of likely N-dealkylation sites (tertiary alicyclic amines) is 1. The summed E-state index contributed by atoms with van der Waals surface area (Å²) in [6, 6.07) is 1.73. The van der Waals surface area contributed by atoms with Crippen LogP contribution in [0.2, 0.25) is 0 Å². The predicted octanol–water partition coefficient (Wildman–Crippen LogP) is 2.66. The molecule has 1 fully saturated rings. The summed E-state index contributed by atoms with van der Waals surface area (Å²) < 4.78 is 5.42. The SMILES string of the molecule is CC(C)(C)OC(=O)N1CCCC(C#Cc2cnccc2N)C1. The van der Waals surface area contributed by atoms with Crippen LogP contribution in [0.4, 0.5) is 10.5 Å². The Labute approximate surface area is 131 Å². The number of nitrogens with zero attached hydrogens (tertiary/aromatic N) is 2. The van der Waals surface area contributed by atoms with Gasteiger partial charge in [0.05, 0.1) is 11.3 Å². The number of piperidine rings is 1. The van der Waals surface area contributed by atoms with Crippen LogP contribution in [0.5, 0.6) is 0 Å². The van der Waals surface area contributed by atoms with Gasteiger partial charge in [-0.1, -0.05) is 11.8 Å². The van der Waals surface area contributed by atoms with Crippen molar-refractivity contribution in [2.75, 3.05) is 18.8 Å². The van der Waals surface area contributed by atoms with E-state index in [9.17, 15) is 4.79 Å². The zero-order chi connectivity index (χ0) is 16.2. The number of ether oxygens (including phenoxy) is 1. The number of aromatic nitrogens is 1. The van der Waals surface area contributed by atoms with Gasteiger partial charge in [-0.3, -0.25) is 4.98 Å². The molecule has 0 bridgehead atoms. The van der Waals surface area contributed by atoms with Crippen molar-refractivity contribution in [1.82, 2.24) is 9.88 Å². The van der Waals surface area contributed by atoms with Crippen molar-refractivity contribution in [3.05, 3.63) is 24.0 Å². The van der Waals surface area contributed by atoms with Gasteiger partial charge >= 0.3 is 6.09 Å². The van der Waals surface area contributed by atoms with Gasteiger partial charge in [-0.05, 0) is 39.7 Å². The number of hydrogen-bond donors (Lipinski definition) is 1. The number of hydrogen-bond acceptors (Lipinski definition) is 4. The van der Waals surface area contributed by atoms with E-state index < -0.39 is 5.60 Å². The van der Waals surface area contributed by atoms with Crippen molar-refractivity contribution in [3.8, 4) is 11.8 Å². The highest BCUT2D eigenvalue weighted by Gasteiger charge is 2.26. The second kappa shape index (κ2) is 6.69. The Morgan fingerprint density at radius 2 is 2.27 bits per heavy atom. The first-order valence-corrected chi connectivity index (χ1v) is 7.54. The normalized spacial score (nSPS) is 18.3. The number of carbonyl (C=O) groups is 1. The monoisotopic (exact) mass is 301 g/mol. The summed E-state index contributed by atoms with van der Waals surface area (Å²) in [5, 5.41) is 0. The molecule has 1 atom stereocenters. The zero-order valence-electron chi connectivity index (χ0n) is 13.4. The number of nitrogens with two attached hydrogens (primary N) is 1. The summed E-state index contributed by atoms with van der Waals surface area (Å²) in [7, 11) is 0. The van der Waals surface area contributed by atoms with Crippen LogP contribution in [0.3, 0.4) is 0 Å². The van der Waals surface area contributed by atoms with E-state index in [1.54, 1.807) is 23.4 Å². The Morgan fingerprint density at radius 1 is 1.50 bits per heavy atom. The topological polar surface area (TPSA) is 68.5 Å². The van der Waals surface area contributed by atoms with Crippen molar-refractivity contribution < 1.29 is 9.53 Å². The minimum atomic E-state index is -0.472.